The molecule has 190 valence electrons. The summed E-state index contributed by atoms with van der Waals surface area (Å²) in [6.45, 7) is 4.85. The number of nitrogens with one attached hydrogen (secondary N) is 1. The molecule has 0 unspecified atom stereocenters. The van der Waals surface area contributed by atoms with Crippen molar-refractivity contribution in [1.82, 2.24) is 9.73 Å². The first-order valence-corrected chi connectivity index (χ1v) is 13.2. The molecule has 0 aliphatic heterocycles. The van der Waals surface area contributed by atoms with Gasteiger partial charge in [0.15, 0.2) is 0 Å². The topological polar surface area (TPSA) is 88.1 Å². The summed E-state index contributed by atoms with van der Waals surface area (Å²) in [5.74, 6) is 0.104. The maximum atomic E-state index is 13.8. The molecule has 0 fully saturated rings. The van der Waals surface area contributed by atoms with Gasteiger partial charge in [-0.25, -0.2) is 13.8 Å². The molecular weight excluding hydrogens is 521 g/mol. The van der Waals surface area contributed by atoms with Gasteiger partial charge in [-0.2, -0.15) is 9.41 Å². The lowest BCUT2D eigenvalue weighted by atomic mass is 10.1. The van der Waals surface area contributed by atoms with Crippen LogP contribution >= 0.6 is 23.2 Å². The van der Waals surface area contributed by atoms with E-state index in [0.717, 1.165) is 15.4 Å². The number of hydrogen-bond donors (Lipinski definition) is 1. The third kappa shape index (κ3) is 6.85. The highest BCUT2D eigenvalue weighted by Gasteiger charge is 2.30. The molecule has 0 aliphatic rings. The summed E-state index contributed by atoms with van der Waals surface area (Å²) in [4.78, 5) is 12.9. The van der Waals surface area contributed by atoms with E-state index in [1.54, 1.807) is 75.6 Å². The Labute approximate surface area is 221 Å². The number of amides is 1. The molecule has 0 saturated heterocycles. The van der Waals surface area contributed by atoms with Crippen molar-refractivity contribution < 1.29 is 17.9 Å². The average Bonchev–Trinajstić information content (AvgIpc) is 2.80. The smallest absolute Gasteiger partial charge is 0.255 e. The van der Waals surface area contributed by atoms with Crippen LogP contribution in [0.3, 0.4) is 0 Å². The number of carbonyl (C=O) groups is 1. The number of hydrazone groups is 1. The van der Waals surface area contributed by atoms with Crippen LogP contribution in [0.25, 0.3) is 0 Å². The van der Waals surface area contributed by atoms with E-state index in [4.69, 9.17) is 27.9 Å². The third-order valence-electron chi connectivity index (χ3n) is 5.38. The molecule has 7 nitrogen and oxygen atoms in total. The Morgan fingerprint density at radius 2 is 1.64 bits per heavy atom. The lowest BCUT2D eigenvalue weighted by Crippen LogP contribution is -2.39. The van der Waals surface area contributed by atoms with E-state index < -0.39 is 22.5 Å². The Hall–Kier alpha value is -2.91. The van der Waals surface area contributed by atoms with E-state index in [0.29, 0.717) is 32.5 Å². The van der Waals surface area contributed by atoms with Crippen LogP contribution in [0, 0.1) is 20.8 Å². The highest BCUT2D eigenvalue weighted by Crippen LogP contribution is 2.28. The van der Waals surface area contributed by atoms with Crippen LogP contribution in [0.4, 0.5) is 0 Å². The number of halogens is 2. The number of aryl methyl sites for hydroxylation is 3. The van der Waals surface area contributed by atoms with E-state index in [-0.39, 0.29) is 11.4 Å². The summed E-state index contributed by atoms with van der Waals surface area (Å²) >= 11 is 12.2. The van der Waals surface area contributed by atoms with Gasteiger partial charge in [-0.3, -0.25) is 4.79 Å². The van der Waals surface area contributed by atoms with Crippen molar-refractivity contribution in [2.45, 2.75) is 32.2 Å². The Kier molecular flexibility index (Phi) is 9.13. The molecule has 0 saturated carbocycles. The molecule has 0 radical (unpaired) electrons. The molecule has 3 aromatic carbocycles. The van der Waals surface area contributed by atoms with Gasteiger partial charge in [0, 0.05) is 6.54 Å². The summed E-state index contributed by atoms with van der Waals surface area (Å²) in [5, 5.41) is 4.61. The van der Waals surface area contributed by atoms with Crippen LogP contribution in [0.15, 0.2) is 64.6 Å². The minimum atomic E-state index is -4.05. The average molecular weight is 548 g/mol. The molecule has 0 aliphatic carbocycles. The van der Waals surface area contributed by atoms with Crippen molar-refractivity contribution in [3.8, 4) is 5.75 Å². The number of nitrogens with zero attached hydrogens (tertiary/aromatic N) is 2. The molecule has 0 atom stereocenters. The summed E-state index contributed by atoms with van der Waals surface area (Å²) in [6.07, 6.45) is 1.46. The molecule has 10 heteroatoms. The Morgan fingerprint density at radius 3 is 2.22 bits per heavy atom. The van der Waals surface area contributed by atoms with Crippen LogP contribution < -0.4 is 10.2 Å². The summed E-state index contributed by atoms with van der Waals surface area (Å²) in [6, 6.07) is 15.5. The quantitative estimate of drug-likeness (QED) is 0.292. The van der Waals surface area contributed by atoms with Gasteiger partial charge in [-0.15, -0.1) is 0 Å². The molecule has 36 heavy (non-hydrogen) atoms. The van der Waals surface area contributed by atoms with E-state index in [2.05, 4.69) is 10.5 Å². The van der Waals surface area contributed by atoms with Gasteiger partial charge in [0.2, 0.25) is 10.0 Å². The van der Waals surface area contributed by atoms with Crippen molar-refractivity contribution in [1.29, 1.82) is 0 Å². The van der Waals surface area contributed by atoms with E-state index in [1.807, 2.05) is 6.92 Å². The predicted octanol–water partition coefficient (Wildman–Crippen LogP) is 5.27. The fraction of sp³-hybridized carbons (Fsp3) is 0.231. The van der Waals surface area contributed by atoms with Crippen molar-refractivity contribution in [3.63, 3.8) is 0 Å². The van der Waals surface area contributed by atoms with Gasteiger partial charge in [-0.05, 0) is 79.4 Å². The maximum Gasteiger partial charge on any atom is 0.255 e. The standard InChI is InChI=1S/C26H27Cl2N3O4S/c1-17-11-18(2)26(19(3)12-17)36(33,34)31(15-21-7-10-23(27)24(28)13-21)16-25(32)30-29-14-20-5-8-22(35-4)9-6-20/h5-14H,15-16H2,1-4H3,(H,30,32)/b29-14+. The molecule has 3 aromatic rings. The van der Waals surface area contributed by atoms with Crippen LogP contribution in [0.5, 0.6) is 5.75 Å². The molecule has 1 amide bonds. The van der Waals surface area contributed by atoms with Crippen LogP contribution in [0.2, 0.25) is 10.0 Å². The van der Waals surface area contributed by atoms with Crippen molar-refractivity contribution in [2.24, 2.45) is 5.10 Å². The second kappa shape index (κ2) is 11.9. The lowest BCUT2D eigenvalue weighted by molar-refractivity contribution is -0.121. The number of methoxy groups -OCH3 is 1. The van der Waals surface area contributed by atoms with Crippen molar-refractivity contribution >= 4 is 45.3 Å². The summed E-state index contributed by atoms with van der Waals surface area (Å²) < 4.78 is 33.8. The Balaban J connectivity index is 1.87. The Morgan fingerprint density at radius 1 is 1.00 bits per heavy atom. The molecule has 0 heterocycles. The first-order valence-electron chi connectivity index (χ1n) is 11.0. The third-order valence-corrected chi connectivity index (χ3v) is 8.22. The first-order chi connectivity index (χ1) is 17.0. The molecular formula is C26H27Cl2N3O4S. The van der Waals surface area contributed by atoms with Gasteiger partial charge in [0.1, 0.15) is 5.75 Å². The first kappa shape index (κ1) is 27.7. The summed E-state index contributed by atoms with van der Waals surface area (Å²) in [5.41, 5.74) is 5.88. The van der Waals surface area contributed by atoms with Gasteiger partial charge in [0.05, 0.1) is 34.8 Å². The number of hydrogen-bond acceptors (Lipinski definition) is 5. The number of carbonyl (C=O) groups excluding carboxylic acids is 1. The number of ether oxygens (including phenoxy) is 1. The normalized spacial score (nSPS) is 11.8. The van der Waals surface area contributed by atoms with Crippen LogP contribution in [-0.4, -0.2) is 38.5 Å². The van der Waals surface area contributed by atoms with Gasteiger partial charge in [-0.1, -0.05) is 47.0 Å². The number of sulfonamides is 1. The maximum absolute atomic E-state index is 13.8. The zero-order chi connectivity index (χ0) is 26.5. The number of rotatable bonds is 9. The van der Waals surface area contributed by atoms with Crippen molar-refractivity contribution in [3.05, 3.63) is 92.5 Å². The largest absolute Gasteiger partial charge is 0.497 e. The fourth-order valence-corrected chi connectivity index (χ4v) is 5.95. The minimum absolute atomic E-state index is 0.0818. The minimum Gasteiger partial charge on any atom is -0.497 e. The molecule has 1 N–H and O–H groups in total. The molecule has 0 aromatic heterocycles. The second-order valence-electron chi connectivity index (χ2n) is 8.32. The highest BCUT2D eigenvalue weighted by atomic mass is 35.5. The SMILES string of the molecule is COc1ccc(/C=N/NC(=O)CN(Cc2ccc(Cl)c(Cl)c2)S(=O)(=O)c2c(C)cc(C)cc2C)cc1. The second-order valence-corrected chi connectivity index (χ2v) is 11.0. The molecule has 0 spiro atoms. The fourth-order valence-electron chi connectivity index (χ4n) is 3.83. The van der Waals surface area contributed by atoms with Gasteiger partial charge >= 0.3 is 0 Å². The monoisotopic (exact) mass is 547 g/mol. The summed E-state index contributed by atoms with van der Waals surface area (Å²) in [7, 11) is -2.48. The predicted molar refractivity (Wildman–Crippen MR) is 143 cm³/mol. The number of benzene rings is 3. The van der Waals surface area contributed by atoms with E-state index >= 15 is 0 Å². The van der Waals surface area contributed by atoms with E-state index in [1.165, 1.54) is 6.21 Å². The molecule has 0 bridgehead atoms. The van der Waals surface area contributed by atoms with E-state index in [9.17, 15) is 13.2 Å². The zero-order valence-electron chi connectivity index (χ0n) is 20.4. The molecule has 3 rings (SSSR count). The van der Waals surface area contributed by atoms with Gasteiger partial charge in [0.25, 0.3) is 5.91 Å². The lowest BCUT2D eigenvalue weighted by Gasteiger charge is -2.24. The zero-order valence-corrected chi connectivity index (χ0v) is 22.7. The van der Waals surface area contributed by atoms with Crippen LogP contribution in [-0.2, 0) is 21.4 Å². The van der Waals surface area contributed by atoms with Gasteiger partial charge < -0.3 is 4.74 Å². The van der Waals surface area contributed by atoms with Crippen LogP contribution in [0.1, 0.15) is 27.8 Å². The highest BCUT2D eigenvalue weighted by molar-refractivity contribution is 7.89. The Bertz CT molecular complexity index is 1370. The van der Waals surface area contributed by atoms with Crippen molar-refractivity contribution in [2.75, 3.05) is 13.7 Å².